The zero-order valence-corrected chi connectivity index (χ0v) is 10.9. The van der Waals surface area contributed by atoms with Crippen molar-refractivity contribution in [1.82, 2.24) is 4.90 Å². The van der Waals surface area contributed by atoms with Crippen molar-refractivity contribution >= 4 is 18.3 Å². The van der Waals surface area contributed by atoms with Crippen LogP contribution in [0.1, 0.15) is 17.5 Å². The van der Waals surface area contributed by atoms with E-state index in [-0.39, 0.29) is 18.3 Å². The Labute approximate surface area is 108 Å². The van der Waals surface area contributed by atoms with Crippen LogP contribution in [-0.4, -0.2) is 30.4 Å². The minimum Gasteiger partial charge on any atom is -0.342 e. The summed E-state index contributed by atoms with van der Waals surface area (Å²) in [4.78, 5) is 13.6. The SMILES string of the molecule is CN(C(=O)CCN)C1Cc2ccccc2C1.Cl. The average molecular weight is 255 g/mol. The summed E-state index contributed by atoms with van der Waals surface area (Å²) in [7, 11) is 1.88. The summed E-state index contributed by atoms with van der Waals surface area (Å²) in [5, 5.41) is 0. The number of carbonyl (C=O) groups excluding carboxylic acids is 1. The monoisotopic (exact) mass is 254 g/mol. The Bertz CT molecular complexity index is 370. The van der Waals surface area contributed by atoms with Crippen LogP contribution in [0.3, 0.4) is 0 Å². The number of hydrogen-bond acceptors (Lipinski definition) is 2. The molecular weight excluding hydrogens is 236 g/mol. The van der Waals surface area contributed by atoms with E-state index in [0.29, 0.717) is 19.0 Å². The van der Waals surface area contributed by atoms with Crippen LogP contribution in [0.2, 0.25) is 0 Å². The van der Waals surface area contributed by atoms with E-state index in [4.69, 9.17) is 5.73 Å². The molecule has 1 aliphatic rings. The fourth-order valence-electron chi connectivity index (χ4n) is 2.31. The van der Waals surface area contributed by atoms with Crippen LogP contribution >= 0.6 is 12.4 Å². The van der Waals surface area contributed by atoms with E-state index in [9.17, 15) is 4.79 Å². The van der Waals surface area contributed by atoms with Gasteiger partial charge in [-0.25, -0.2) is 0 Å². The van der Waals surface area contributed by atoms with Crippen LogP contribution in [0.25, 0.3) is 0 Å². The summed E-state index contributed by atoms with van der Waals surface area (Å²) in [6, 6.07) is 8.73. The van der Waals surface area contributed by atoms with E-state index in [1.165, 1.54) is 11.1 Å². The molecule has 1 aliphatic carbocycles. The predicted octanol–water partition coefficient (Wildman–Crippen LogP) is 1.38. The second kappa shape index (κ2) is 6.03. The first-order chi connectivity index (χ1) is 7.72. The number of likely N-dealkylation sites (N-methyl/N-ethyl adjacent to an activating group) is 1. The van der Waals surface area contributed by atoms with E-state index in [1.54, 1.807) is 0 Å². The summed E-state index contributed by atoms with van der Waals surface area (Å²) in [6.07, 6.45) is 2.40. The molecule has 0 heterocycles. The van der Waals surface area contributed by atoms with Crippen LogP contribution in [-0.2, 0) is 17.6 Å². The largest absolute Gasteiger partial charge is 0.342 e. The van der Waals surface area contributed by atoms with Gasteiger partial charge in [-0.3, -0.25) is 4.79 Å². The van der Waals surface area contributed by atoms with Gasteiger partial charge in [0.25, 0.3) is 0 Å². The van der Waals surface area contributed by atoms with Crippen LogP contribution in [0.4, 0.5) is 0 Å². The maximum absolute atomic E-state index is 11.7. The van der Waals surface area contributed by atoms with Gasteiger partial charge in [0.1, 0.15) is 0 Å². The molecule has 0 aromatic heterocycles. The highest BCUT2D eigenvalue weighted by atomic mass is 35.5. The van der Waals surface area contributed by atoms with Crippen molar-refractivity contribution in [2.45, 2.75) is 25.3 Å². The smallest absolute Gasteiger partial charge is 0.223 e. The quantitative estimate of drug-likeness (QED) is 0.886. The Balaban J connectivity index is 0.00000144. The van der Waals surface area contributed by atoms with Gasteiger partial charge in [0.05, 0.1) is 0 Å². The molecule has 0 saturated heterocycles. The Morgan fingerprint density at radius 1 is 1.35 bits per heavy atom. The molecule has 0 saturated carbocycles. The lowest BCUT2D eigenvalue weighted by molar-refractivity contribution is -0.131. The number of carbonyl (C=O) groups is 1. The van der Waals surface area contributed by atoms with E-state index in [0.717, 1.165) is 12.8 Å². The standard InChI is InChI=1S/C13H18N2O.ClH/c1-15(13(16)6-7-14)12-8-10-4-2-3-5-11(10)9-12;/h2-5,12H,6-9,14H2,1H3;1H. The summed E-state index contributed by atoms with van der Waals surface area (Å²) in [5.41, 5.74) is 8.15. The van der Waals surface area contributed by atoms with E-state index >= 15 is 0 Å². The molecule has 0 unspecified atom stereocenters. The van der Waals surface area contributed by atoms with Crippen molar-refractivity contribution in [3.63, 3.8) is 0 Å². The van der Waals surface area contributed by atoms with E-state index in [2.05, 4.69) is 24.3 Å². The third-order valence-corrected chi connectivity index (χ3v) is 3.33. The Morgan fingerprint density at radius 2 is 1.88 bits per heavy atom. The lowest BCUT2D eigenvalue weighted by Crippen LogP contribution is -2.38. The summed E-state index contributed by atoms with van der Waals surface area (Å²) < 4.78 is 0. The second-order valence-corrected chi connectivity index (χ2v) is 4.37. The van der Waals surface area contributed by atoms with Gasteiger partial charge in [-0.2, -0.15) is 0 Å². The Hall–Kier alpha value is -1.06. The van der Waals surface area contributed by atoms with E-state index < -0.39 is 0 Å². The van der Waals surface area contributed by atoms with Crippen molar-refractivity contribution < 1.29 is 4.79 Å². The molecule has 94 valence electrons. The van der Waals surface area contributed by atoms with Gasteiger partial charge < -0.3 is 10.6 Å². The minimum absolute atomic E-state index is 0. The van der Waals surface area contributed by atoms with Crippen molar-refractivity contribution in [3.05, 3.63) is 35.4 Å². The summed E-state index contributed by atoms with van der Waals surface area (Å²) >= 11 is 0. The van der Waals surface area contributed by atoms with Crippen molar-refractivity contribution in [2.24, 2.45) is 5.73 Å². The zero-order valence-electron chi connectivity index (χ0n) is 10.1. The lowest BCUT2D eigenvalue weighted by Gasteiger charge is -2.24. The molecule has 2 N–H and O–H groups in total. The first-order valence-electron chi connectivity index (χ1n) is 5.75. The topological polar surface area (TPSA) is 46.3 Å². The van der Waals surface area contributed by atoms with Crippen LogP contribution in [0.5, 0.6) is 0 Å². The molecule has 1 amide bonds. The molecule has 1 aromatic rings. The number of benzene rings is 1. The van der Waals surface area contributed by atoms with Gasteiger partial charge in [0, 0.05) is 26.1 Å². The molecule has 0 aliphatic heterocycles. The molecule has 0 spiro atoms. The number of fused-ring (bicyclic) bond motifs is 1. The molecule has 17 heavy (non-hydrogen) atoms. The second-order valence-electron chi connectivity index (χ2n) is 4.37. The van der Waals surface area contributed by atoms with Crippen molar-refractivity contribution in [1.29, 1.82) is 0 Å². The molecule has 0 fully saturated rings. The lowest BCUT2D eigenvalue weighted by atomic mass is 10.1. The summed E-state index contributed by atoms with van der Waals surface area (Å²) in [5.74, 6) is 0.153. The molecule has 4 heteroatoms. The van der Waals surface area contributed by atoms with Crippen LogP contribution < -0.4 is 5.73 Å². The minimum atomic E-state index is 0. The van der Waals surface area contributed by atoms with Gasteiger partial charge in [-0.05, 0) is 24.0 Å². The van der Waals surface area contributed by atoms with Gasteiger partial charge in [-0.1, -0.05) is 24.3 Å². The fourth-order valence-corrected chi connectivity index (χ4v) is 2.31. The third kappa shape index (κ3) is 2.99. The molecule has 0 radical (unpaired) electrons. The number of hydrogen-bond donors (Lipinski definition) is 1. The molecule has 3 nitrogen and oxygen atoms in total. The number of halogens is 1. The molecule has 0 atom stereocenters. The number of nitrogens with two attached hydrogens (primary N) is 1. The Kier molecular flexibility index (Phi) is 4.97. The highest BCUT2D eigenvalue weighted by Crippen LogP contribution is 2.24. The highest BCUT2D eigenvalue weighted by molar-refractivity contribution is 5.85. The molecule has 0 bridgehead atoms. The highest BCUT2D eigenvalue weighted by Gasteiger charge is 2.26. The fraction of sp³-hybridized carbons (Fsp3) is 0.462. The normalized spacial score (nSPS) is 14.0. The number of nitrogens with zero attached hydrogens (tertiary/aromatic N) is 1. The van der Waals surface area contributed by atoms with Gasteiger partial charge in [-0.15, -0.1) is 12.4 Å². The third-order valence-electron chi connectivity index (χ3n) is 3.33. The maximum Gasteiger partial charge on any atom is 0.223 e. The molecule has 2 rings (SSSR count). The van der Waals surface area contributed by atoms with Gasteiger partial charge in [0.2, 0.25) is 5.91 Å². The molecule has 1 aromatic carbocycles. The maximum atomic E-state index is 11.7. The Morgan fingerprint density at radius 3 is 2.35 bits per heavy atom. The van der Waals surface area contributed by atoms with Gasteiger partial charge in [0.15, 0.2) is 0 Å². The average Bonchev–Trinajstić information content (AvgIpc) is 2.71. The van der Waals surface area contributed by atoms with Crippen LogP contribution in [0.15, 0.2) is 24.3 Å². The van der Waals surface area contributed by atoms with E-state index in [1.807, 2.05) is 11.9 Å². The van der Waals surface area contributed by atoms with Crippen molar-refractivity contribution in [3.8, 4) is 0 Å². The predicted molar refractivity (Wildman–Crippen MR) is 71.3 cm³/mol. The number of amides is 1. The van der Waals surface area contributed by atoms with Gasteiger partial charge >= 0.3 is 0 Å². The molecular formula is C13H19ClN2O. The summed E-state index contributed by atoms with van der Waals surface area (Å²) in [6.45, 7) is 0.433. The van der Waals surface area contributed by atoms with Crippen LogP contribution in [0, 0.1) is 0 Å². The zero-order chi connectivity index (χ0) is 11.5. The number of rotatable bonds is 3. The first-order valence-corrected chi connectivity index (χ1v) is 5.75. The first kappa shape index (κ1) is 14.0. The van der Waals surface area contributed by atoms with Crippen molar-refractivity contribution in [2.75, 3.05) is 13.6 Å².